The monoisotopic (exact) mass is 263 g/mol. The Kier molecular flexibility index (Phi) is 4.91. The van der Waals surface area contributed by atoms with Gasteiger partial charge in [0.2, 0.25) is 15.9 Å². The first-order valence-electron chi connectivity index (χ1n) is 5.85. The van der Waals surface area contributed by atoms with Crippen molar-refractivity contribution in [3.05, 3.63) is 0 Å². The molecule has 0 spiro atoms. The molecule has 1 aliphatic carbocycles. The van der Waals surface area contributed by atoms with Gasteiger partial charge in [-0.15, -0.1) is 0 Å². The van der Waals surface area contributed by atoms with Gasteiger partial charge in [-0.25, -0.2) is 13.1 Å². The van der Waals surface area contributed by atoms with E-state index in [1.807, 2.05) is 0 Å². The number of hydrogen-bond donors (Lipinski definition) is 3. The molecule has 1 aliphatic rings. The molecule has 0 aromatic rings. The summed E-state index contributed by atoms with van der Waals surface area (Å²) in [5, 5.41) is 2.67. The lowest BCUT2D eigenvalue weighted by molar-refractivity contribution is -0.127. The fourth-order valence-electron chi connectivity index (χ4n) is 2.00. The standard InChI is InChI=1S/C10H21N3O3S/c1-17(15,16)13-8-7-12-9(14)10(11)5-3-2-4-6-10/h13H,2-8,11H2,1H3,(H,12,14). The van der Waals surface area contributed by atoms with Crippen molar-refractivity contribution in [2.75, 3.05) is 19.3 Å². The molecule has 0 bridgehead atoms. The zero-order chi connectivity index (χ0) is 12.9. The number of carbonyl (C=O) groups excluding carboxylic acids is 1. The number of nitrogens with two attached hydrogens (primary N) is 1. The van der Waals surface area contributed by atoms with Crippen molar-refractivity contribution in [2.24, 2.45) is 5.73 Å². The molecule has 1 amide bonds. The third-order valence-electron chi connectivity index (χ3n) is 2.97. The minimum atomic E-state index is -3.19. The number of nitrogens with one attached hydrogen (secondary N) is 2. The summed E-state index contributed by atoms with van der Waals surface area (Å²) < 4.78 is 23.9. The number of rotatable bonds is 5. The normalized spacial score (nSPS) is 19.9. The second-order valence-electron chi connectivity index (χ2n) is 4.64. The third kappa shape index (κ3) is 5.01. The molecule has 7 heteroatoms. The van der Waals surface area contributed by atoms with Crippen molar-refractivity contribution < 1.29 is 13.2 Å². The Hall–Kier alpha value is -0.660. The summed E-state index contributed by atoms with van der Waals surface area (Å²) in [6.45, 7) is 0.464. The van der Waals surface area contributed by atoms with E-state index in [1.165, 1.54) is 0 Å². The maximum Gasteiger partial charge on any atom is 0.240 e. The van der Waals surface area contributed by atoms with Crippen LogP contribution in [0.1, 0.15) is 32.1 Å². The van der Waals surface area contributed by atoms with Gasteiger partial charge in [0.05, 0.1) is 11.8 Å². The fourth-order valence-corrected chi connectivity index (χ4v) is 2.47. The summed E-state index contributed by atoms with van der Waals surface area (Å²) in [6, 6.07) is 0. The molecule has 0 saturated heterocycles. The predicted molar refractivity (Wildman–Crippen MR) is 65.9 cm³/mol. The summed E-state index contributed by atoms with van der Waals surface area (Å²) in [5.41, 5.74) is 5.26. The molecule has 1 fully saturated rings. The van der Waals surface area contributed by atoms with Crippen LogP contribution in [0.4, 0.5) is 0 Å². The number of amides is 1. The van der Waals surface area contributed by atoms with Gasteiger partial charge in [-0.2, -0.15) is 0 Å². The van der Waals surface area contributed by atoms with Crippen LogP contribution in [0.2, 0.25) is 0 Å². The van der Waals surface area contributed by atoms with E-state index in [9.17, 15) is 13.2 Å². The third-order valence-corrected chi connectivity index (χ3v) is 3.70. The van der Waals surface area contributed by atoms with Gasteiger partial charge in [0.1, 0.15) is 0 Å². The summed E-state index contributed by atoms with van der Waals surface area (Å²) in [5.74, 6) is -0.174. The Balaban J connectivity index is 2.29. The molecule has 0 aromatic heterocycles. The molecule has 1 rings (SSSR count). The second-order valence-corrected chi connectivity index (χ2v) is 6.47. The lowest BCUT2D eigenvalue weighted by Gasteiger charge is -2.31. The first-order chi connectivity index (χ1) is 7.83. The van der Waals surface area contributed by atoms with Crippen LogP contribution in [-0.4, -0.2) is 39.2 Å². The Morgan fingerprint density at radius 2 is 1.82 bits per heavy atom. The smallest absolute Gasteiger partial charge is 0.240 e. The van der Waals surface area contributed by atoms with Crippen molar-refractivity contribution in [2.45, 2.75) is 37.6 Å². The van der Waals surface area contributed by atoms with Gasteiger partial charge >= 0.3 is 0 Å². The average Bonchev–Trinajstić information content (AvgIpc) is 2.24. The number of hydrogen-bond acceptors (Lipinski definition) is 4. The van der Waals surface area contributed by atoms with E-state index in [1.54, 1.807) is 0 Å². The van der Waals surface area contributed by atoms with Crippen LogP contribution >= 0.6 is 0 Å². The molecule has 0 aliphatic heterocycles. The van der Waals surface area contributed by atoms with E-state index >= 15 is 0 Å². The topological polar surface area (TPSA) is 101 Å². The highest BCUT2D eigenvalue weighted by Crippen LogP contribution is 2.25. The maximum atomic E-state index is 11.8. The minimum Gasteiger partial charge on any atom is -0.353 e. The van der Waals surface area contributed by atoms with Gasteiger partial charge < -0.3 is 11.1 Å². The Bertz CT molecular complexity index is 361. The SMILES string of the molecule is CS(=O)(=O)NCCNC(=O)C1(N)CCCCC1. The van der Waals surface area contributed by atoms with Gasteiger partial charge in [-0.1, -0.05) is 19.3 Å². The van der Waals surface area contributed by atoms with E-state index in [0.29, 0.717) is 12.8 Å². The molecule has 6 nitrogen and oxygen atoms in total. The van der Waals surface area contributed by atoms with E-state index in [4.69, 9.17) is 5.73 Å². The minimum absolute atomic E-state index is 0.174. The Labute approximate surface area is 102 Å². The van der Waals surface area contributed by atoms with Gasteiger partial charge in [0.15, 0.2) is 0 Å². The van der Waals surface area contributed by atoms with Gasteiger partial charge in [-0.3, -0.25) is 4.79 Å². The summed E-state index contributed by atoms with van der Waals surface area (Å²) in [6.07, 6.45) is 5.58. The Morgan fingerprint density at radius 3 is 2.35 bits per heavy atom. The first-order valence-corrected chi connectivity index (χ1v) is 7.74. The largest absolute Gasteiger partial charge is 0.353 e. The molecule has 0 unspecified atom stereocenters. The summed E-state index contributed by atoms with van der Waals surface area (Å²) in [7, 11) is -3.19. The van der Waals surface area contributed by atoms with E-state index in [-0.39, 0.29) is 19.0 Å². The van der Waals surface area contributed by atoms with Crippen molar-refractivity contribution >= 4 is 15.9 Å². The van der Waals surface area contributed by atoms with Gasteiger partial charge in [0, 0.05) is 13.1 Å². The van der Waals surface area contributed by atoms with Crippen molar-refractivity contribution in [3.8, 4) is 0 Å². The first kappa shape index (κ1) is 14.4. The highest BCUT2D eigenvalue weighted by molar-refractivity contribution is 7.88. The van der Waals surface area contributed by atoms with E-state index in [0.717, 1.165) is 25.5 Å². The predicted octanol–water partition coefficient (Wildman–Crippen LogP) is -0.687. The van der Waals surface area contributed by atoms with Gasteiger partial charge in [-0.05, 0) is 12.8 Å². The fraction of sp³-hybridized carbons (Fsp3) is 0.900. The molecule has 4 N–H and O–H groups in total. The average molecular weight is 263 g/mol. The van der Waals surface area contributed by atoms with Crippen molar-refractivity contribution in [1.82, 2.24) is 10.0 Å². The van der Waals surface area contributed by atoms with Crippen molar-refractivity contribution in [3.63, 3.8) is 0 Å². The molecular weight excluding hydrogens is 242 g/mol. The second kappa shape index (κ2) is 5.79. The van der Waals surface area contributed by atoms with Crippen LogP contribution in [0, 0.1) is 0 Å². The van der Waals surface area contributed by atoms with E-state index < -0.39 is 15.6 Å². The van der Waals surface area contributed by atoms with E-state index in [2.05, 4.69) is 10.0 Å². The van der Waals surface area contributed by atoms with Crippen LogP contribution in [0.15, 0.2) is 0 Å². The highest BCUT2D eigenvalue weighted by atomic mass is 32.2. The Morgan fingerprint density at radius 1 is 1.24 bits per heavy atom. The quantitative estimate of drug-likeness (QED) is 0.572. The number of sulfonamides is 1. The zero-order valence-electron chi connectivity index (χ0n) is 10.2. The molecule has 100 valence electrons. The number of carbonyl (C=O) groups is 1. The van der Waals surface area contributed by atoms with Crippen molar-refractivity contribution in [1.29, 1.82) is 0 Å². The van der Waals surface area contributed by atoms with Crippen LogP contribution in [-0.2, 0) is 14.8 Å². The highest BCUT2D eigenvalue weighted by Gasteiger charge is 2.34. The molecule has 1 saturated carbocycles. The molecule has 0 radical (unpaired) electrons. The molecule has 0 atom stereocenters. The van der Waals surface area contributed by atoms with Crippen LogP contribution < -0.4 is 15.8 Å². The zero-order valence-corrected chi connectivity index (χ0v) is 11.0. The van der Waals surface area contributed by atoms with Gasteiger partial charge in [0.25, 0.3) is 0 Å². The van der Waals surface area contributed by atoms with Crippen LogP contribution in [0.25, 0.3) is 0 Å². The summed E-state index contributed by atoms with van der Waals surface area (Å²) in [4.78, 5) is 11.8. The summed E-state index contributed by atoms with van der Waals surface area (Å²) >= 11 is 0. The van der Waals surface area contributed by atoms with Crippen LogP contribution in [0.3, 0.4) is 0 Å². The molecule has 0 aromatic carbocycles. The molecule has 17 heavy (non-hydrogen) atoms. The lowest BCUT2D eigenvalue weighted by Crippen LogP contribution is -2.55. The maximum absolute atomic E-state index is 11.8. The van der Waals surface area contributed by atoms with Crippen LogP contribution in [0.5, 0.6) is 0 Å². The molecule has 0 heterocycles. The molecular formula is C10H21N3O3S. The lowest BCUT2D eigenvalue weighted by atomic mass is 9.82.